The standard InChI is InChI=1S/C25H26N4O6S2/c1-5-33-22-14-18(7-9-21(22)35-11-10-34-20-8-6-16(2)17(3)12-20)13-19(15-26)23(30)27-24-28-29-25(36-24)37(4,31)32/h6-9,12-14H,5,10-11H2,1-4H3,(H,27,28,30)/b19-13-. The molecule has 0 radical (unpaired) electrons. The lowest BCUT2D eigenvalue weighted by Gasteiger charge is -2.13. The van der Waals surface area contributed by atoms with E-state index in [-0.39, 0.29) is 21.7 Å². The average molecular weight is 543 g/mol. The molecule has 0 saturated heterocycles. The quantitative estimate of drug-likeness (QED) is 0.165. The van der Waals surface area contributed by atoms with E-state index in [1.165, 1.54) is 11.6 Å². The zero-order chi connectivity index (χ0) is 27.0. The molecular weight excluding hydrogens is 516 g/mol. The second kappa shape index (κ2) is 12.3. The van der Waals surface area contributed by atoms with Crippen molar-refractivity contribution in [3.8, 4) is 23.3 Å². The van der Waals surface area contributed by atoms with E-state index < -0.39 is 15.7 Å². The van der Waals surface area contributed by atoms with E-state index >= 15 is 0 Å². The van der Waals surface area contributed by atoms with Crippen molar-refractivity contribution >= 4 is 38.3 Å². The molecule has 0 saturated carbocycles. The van der Waals surface area contributed by atoms with Gasteiger partial charge in [0.25, 0.3) is 5.91 Å². The van der Waals surface area contributed by atoms with Crippen LogP contribution in [0.2, 0.25) is 0 Å². The first-order chi connectivity index (χ1) is 17.6. The number of nitrogens with zero attached hydrogens (tertiary/aromatic N) is 3. The fourth-order valence-corrected chi connectivity index (χ4v) is 4.51. The fourth-order valence-electron chi connectivity index (χ4n) is 3.01. The molecule has 37 heavy (non-hydrogen) atoms. The van der Waals surface area contributed by atoms with Gasteiger partial charge >= 0.3 is 0 Å². The maximum atomic E-state index is 12.5. The van der Waals surface area contributed by atoms with Crippen molar-refractivity contribution in [1.29, 1.82) is 5.26 Å². The highest BCUT2D eigenvalue weighted by Gasteiger charge is 2.18. The molecule has 3 rings (SSSR count). The summed E-state index contributed by atoms with van der Waals surface area (Å²) in [5, 5.41) is 19.0. The number of nitriles is 1. The van der Waals surface area contributed by atoms with Crippen LogP contribution in [0, 0.1) is 25.2 Å². The van der Waals surface area contributed by atoms with Gasteiger partial charge in [0, 0.05) is 6.26 Å². The maximum absolute atomic E-state index is 12.5. The summed E-state index contributed by atoms with van der Waals surface area (Å²) in [7, 11) is -3.55. The first-order valence-corrected chi connectivity index (χ1v) is 13.9. The average Bonchev–Trinajstić information content (AvgIpc) is 3.32. The molecule has 10 nitrogen and oxygen atoms in total. The first kappa shape index (κ1) is 27.6. The van der Waals surface area contributed by atoms with Crippen LogP contribution in [0.5, 0.6) is 17.2 Å². The van der Waals surface area contributed by atoms with Crippen LogP contribution in [-0.4, -0.2) is 50.6 Å². The molecule has 12 heteroatoms. The number of amides is 1. The lowest BCUT2D eigenvalue weighted by Crippen LogP contribution is -2.13. The second-order valence-corrected chi connectivity index (χ2v) is 11.0. The van der Waals surface area contributed by atoms with Gasteiger partial charge in [-0.1, -0.05) is 23.5 Å². The summed E-state index contributed by atoms with van der Waals surface area (Å²) in [6, 6.07) is 12.7. The number of sulfone groups is 1. The Morgan fingerprint density at radius 1 is 1.05 bits per heavy atom. The van der Waals surface area contributed by atoms with Crippen molar-refractivity contribution in [2.45, 2.75) is 25.1 Å². The van der Waals surface area contributed by atoms with Crippen molar-refractivity contribution < 1.29 is 27.4 Å². The molecule has 0 spiro atoms. The lowest BCUT2D eigenvalue weighted by molar-refractivity contribution is -0.112. The number of rotatable bonds is 11. The van der Waals surface area contributed by atoms with Crippen molar-refractivity contribution in [1.82, 2.24) is 10.2 Å². The van der Waals surface area contributed by atoms with E-state index in [1.807, 2.05) is 45.0 Å². The van der Waals surface area contributed by atoms with Crippen molar-refractivity contribution in [3.63, 3.8) is 0 Å². The molecule has 2 aromatic carbocycles. The molecule has 0 unspecified atom stereocenters. The third-order valence-corrected chi connectivity index (χ3v) is 7.48. The van der Waals surface area contributed by atoms with Gasteiger partial charge in [0.05, 0.1) is 6.61 Å². The molecule has 1 heterocycles. The Morgan fingerprint density at radius 2 is 1.81 bits per heavy atom. The number of aromatic nitrogens is 2. The van der Waals surface area contributed by atoms with Gasteiger partial charge in [-0.25, -0.2) is 8.42 Å². The number of hydrogen-bond donors (Lipinski definition) is 1. The number of nitrogens with one attached hydrogen (secondary N) is 1. The molecule has 0 aliphatic carbocycles. The highest BCUT2D eigenvalue weighted by molar-refractivity contribution is 7.92. The summed E-state index contributed by atoms with van der Waals surface area (Å²) in [5.74, 6) is 0.955. The maximum Gasteiger partial charge on any atom is 0.268 e. The minimum atomic E-state index is -3.55. The van der Waals surface area contributed by atoms with Gasteiger partial charge < -0.3 is 14.2 Å². The summed E-state index contributed by atoms with van der Waals surface area (Å²) in [6.45, 7) is 6.89. The van der Waals surface area contributed by atoms with Gasteiger partial charge in [-0.05, 0) is 67.8 Å². The number of aryl methyl sites for hydroxylation is 2. The highest BCUT2D eigenvalue weighted by Crippen LogP contribution is 2.30. The van der Waals surface area contributed by atoms with Gasteiger partial charge in [0.1, 0.15) is 30.6 Å². The van der Waals surface area contributed by atoms with Crippen LogP contribution in [-0.2, 0) is 14.6 Å². The summed E-state index contributed by atoms with van der Waals surface area (Å²) >= 11 is 0.697. The van der Waals surface area contributed by atoms with Gasteiger partial charge in [-0.3, -0.25) is 10.1 Å². The monoisotopic (exact) mass is 542 g/mol. The molecule has 1 aromatic heterocycles. The van der Waals surface area contributed by atoms with Gasteiger partial charge in [0.2, 0.25) is 19.3 Å². The number of benzene rings is 2. The van der Waals surface area contributed by atoms with Crippen LogP contribution < -0.4 is 19.5 Å². The topological polar surface area (TPSA) is 140 Å². The highest BCUT2D eigenvalue weighted by atomic mass is 32.2. The Hall–Kier alpha value is -3.95. The van der Waals surface area contributed by atoms with Gasteiger partial charge in [-0.2, -0.15) is 5.26 Å². The Bertz CT molecular complexity index is 1460. The predicted octanol–water partition coefficient (Wildman–Crippen LogP) is 3.96. The number of carbonyl (C=O) groups is 1. The third-order valence-electron chi connectivity index (χ3n) is 4.98. The first-order valence-electron chi connectivity index (χ1n) is 11.2. The molecule has 1 amide bonds. The second-order valence-electron chi connectivity index (χ2n) is 7.85. The molecule has 0 atom stereocenters. The summed E-state index contributed by atoms with van der Waals surface area (Å²) < 4.78 is 40.1. The lowest BCUT2D eigenvalue weighted by atomic mass is 10.1. The van der Waals surface area contributed by atoms with Crippen LogP contribution >= 0.6 is 11.3 Å². The number of ether oxygens (including phenoxy) is 3. The molecule has 194 valence electrons. The molecule has 0 aliphatic rings. The van der Waals surface area contributed by atoms with Crippen LogP contribution in [0.4, 0.5) is 5.13 Å². The van der Waals surface area contributed by atoms with Gasteiger partial charge in [0.15, 0.2) is 11.5 Å². The van der Waals surface area contributed by atoms with Crippen LogP contribution in [0.1, 0.15) is 23.6 Å². The largest absolute Gasteiger partial charge is 0.490 e. The minimum absolute atomic E-state index is 0.0339. The molecule has 0 aliphatic heterocycles. The predicted molar refractivity (Wildman–Crippen MR) is 140 cm³/mol. The van der Waals surface area contributed by atoms with Crippen molar-refractivity contribution in [2.75, 3.05) is 31.4 Å². The van der Waals surface area contributed by atoms with E-state index in [2.05, 4.69) is 15.5 Å². The summed E-state index contributed by atoms with van der Waals surface area (Å²) in [5.41, 5.74) is 2.66. The fraction of sp³-hybridized carbons (Fsp3) is 0.280. The third kappa shape index (κ3) is 7.77. The van der Waals surface area contributed by atoms with Gasteiger partial charge in [-0.15, -0.1) is 10.2 Å². The zero-order valence-electron chi connectivity index (χ0n) is 20.8. The molecular formula is C25H26N4O6S2. The normalized spacial score (nSPS) is 11.5. The van der Waals surface area contributed by atoms with Crippen molar-refractivity contribution in [2.24, 2.45) is 0 Å². The van der Waals surface area contributed by atoms with Crippen LogP contribution in [0.3, 0.4) is 0 Å². The van der Waals surface area contributed by atoms with E-state index in [9.17, 15) is 18.5 Å². The number of anilines is 1. The van der Waals surface area contributed by atoms with Crippen LogP contribution in [0.25, 0.3) is 6.08 Å². The Labute approximate surface area is 219 Å². The Kier molecular flexibility index (Phi) is 9.21. The SMILES string of the molecule is CCOc1cc(/C=C(/C#N)C(=O)Nc2nnc(S(C)(=O)=O)s2)ccc1OCCOc1ccc(C)c(C)c1. The summed E-state index contributed by atoms with van der Waals surface area (Å²) in [4.78, 5) is 12.5. The van der Waals surface area contributed by atoms with E-state index in [0.29, 0.717) is 41.6 Å². The number of hydrogen-bond acceptors (Lipinski definition) is 10. The number of carbonyl (C=O) groups excluding carboxylic acids is 1. The summed E-state index contributed by atoms with van der Waals surface area (Å²) in [6.07, 6.45) is 2.37. The molecule has 1 N–H and O–H groups in total. The molecule has 0 bridgehead atoms. The molecule has 0 fully saturated rings. The minimum Gasteiger partial charge on any atom is -0.490 e. The van der Waals surface area contributed by atoms with Crippen molar-refractivity contribution in [3.05, 3.63) is 58.7 Å². The molecule has 3 aromatic rings. The Morgan fingerprint density at radius 3 is 2.46 bits per heavy atom. The van der Waals surface area contributed by atoms with E-state index in [4.69, 9.17) is 14.2 Å². The smallest absolute Gasteiger partial charge is 0.268 e. The van der Waals surface area contributed by atoms with E-state index in [1.54, 1.807) is 18.2 Å². The van der Waals surface area contributed by atoms with E-state index in [0.717, 1.165) is 17.6 Å². The zero-order valence-corrected chi connectivity index (χ0v) is 22.4. The Balaban J connectivity index is 1.67. The van der Waals surface area contributed by atoms with Crippen LogP contribution in [0.15, 0.2) is 46.3 Å².